The Morgan fingerprint density at radius 3 is 2.53 bits per heavy atom. The van der Waals surface area contributed by atoms with E-state index in [2.05, 4.69) is 0 Å². The van der Waals surface area contributed by atoms with Crippen molar-refractivity contribution in [2.75, 3.05) is 13.2 Å². The zero-order valence-electron chi connectivity index (χ0n) is 11.4. The first kappa shape index (κ1) is 15.2. The van der Waals surface area contributed by atoms with Crippen LogP contribution in [-0.2, 0) is 19.1 Å². The lowest BCUT2D eigenvalue weighted by Crippen LogP contribution is -2.36. The molecule has 1 aliphatic carbocycles. The highest BCUT2D eigenvalue weighted by Crippen LogP contribution is 2.39. The third-order valence-electron chi connectivity index (χ3n) is 3.12. The van der Waals surface area contributed by atoms with Crippen LogP contribution in [0.15, 0.2) is 11.6 Å². The van der Waals surface area contributed by atoms with Gasteiger partial charge in [-0.25, -0.2) is 4.79 Å². The number of rotatable bonds is 6. The van der Waals surface area contributed by atoms with Crippen molar-refractivity contribution in [3.63, 3.8) is 0 Å². The molecule has 0 spiro atoms. The van der Waals surface area contributed by atoms with Gasteiger partial charge < -0.3 is 9.47 Å². The van der Waals surface area contributed by atoms with Gasteiger partial charge in [-0.15, -0.1) is 0 Å². The number of carbonyl (C=O) groups is 2. The second kappa shape index (κ2) is 6.93. The summed E-state index contributed by atoms with van der Waals surface area (Å²) in [6.45, 7) is 3.76. The Balaban J connectivity index is 3.03. The number of hydrogen-bond donors (Lipinski definition) is 0. The molecule has 0 aromatic heterocycles. The average Bonchev–Trinajstić information content (AvgIpc) is 2.90. The minimum atomic E-state index is -1.52. The maximum atomic E-state index is 12.1. The Morgan fingerprint density at radius 2 is 2.05 bits per heavy atom. The van der Waals surface area contributed by atoms with Gasteiger partial charge in [0.15, 0.2) is 5.41 Å². The van der Waals surface area contributed by atoms with Gasteiger partial charge in [0, 0.05) is 0 Å². The number of carbonyl (C=O) groups excluding carboxylic acids is 2. The van der Waals surface area contributed by atoms with E-state index in [1.165, 1.54) is 0 Å². The SMILES string of the molecule is CCOC(=O)CC(C#N)(C(=O)OCC)C1=CCCC1. The van der Waals surface area contributed by atoms with E-state index in [-0.39, 0.29) is 19.6 Å². The summed E-state index contributed by atoms with van der Waals surface area (Å²) in [5, 5.41) is 9.45. The van der Waals surface area contributed by atoms with Gasteiger partial charge in [-0.05, 0) is 38.7 Å². The van der Waals surface area contributed by atoms with Gasteiger partial charge in [-0.1, -0.05) is 6.08 Å². The Morgan fingerprint density at radius 1 is 1.37 bits per heavy atom. The summed E-state index contributed by atoms with van der Waals surface area (Å²) in [5.74, 6) is -1.20. The van der Waals surface area contributed by atoms with E-state index < -0.39 is 17.4 Å². The largest absolute Gasteiger partial charge is 0.466 e. The topological polar surface area (TPSA) is 76.4 Å². The van der Waals surface area contributed by atoms with Crippen molar-refractivity contribution in [2.24, 2.45) is 5.41 Å². The molecule has 5 heteroatoms. The summed E-state index contributed by atoms with van der Waals surface area (Å²) >= 11 is 0. The van der Waals surface area contributed by atoms with E-state index in [9.17, 15) is 14.9 Å². The number of esters is 2. The number of nitriles is 1. The minimum Gasteiger partial charge on any atom is -0.466 e. The molecule has 0 aromatic carbocycles. The van der Waals surface area contributed by atoms with Crippen LogP contribution in [0.3, 0.4) is 0 Å². The molecule has 5 nitrogen and oxygen atoms in total. The van der Waals surface area contributed by atoms with Crippen molar-refractivity contribution in [1.82, 2.24) is 0 Å². The van der Waals surface area contributed by atoms with E-state index in [1.54, 1.807) is 13.8 Å². The highest BCUT2D eigenvalue weighted by molar-refractivity contribution is 5.89. The lowest BCUT2D eigenvalue weighted by Gasteiger charge is -2.24. The van der Waals surface area contributed by atoms with Gasteiger partial charge in [0.25, 0.3) is 0 Å². The van der Waals surface area contributed by atoms with Crippen LogP contribution in [0.25, 0.3) is 0 Å². The normalized spacial score (nSPS) is 17.0. The zero-order valence-corrected chi connectivity index (χ0v) is 11.4. The molecule has 0 N–H and O–H groups in total. The van der Waals surface area contributed by atoms with Crippen LogP contribution in [0.5, 0.6) is 0 Å². The molecule has 0 aromatic rings. The summed E-state index contributed by atoms with van der Waals surface area (Å²) in [4.78, 5) is 23.8. The van der Waals surface area contributed by atoms with Crippen molar-refractivity contribution >= 4 is 11.9 Å². The molecule has 0 radical (unpaired) electrons. The van der Waals surface area contributed by atoms with E-state index in [0.29, 0.717) is 12.0 Å². The minimum absolute atomic E-state index is 0.179. The fourth-order valence-electron chi connectivity index (χ4n) is 2.22. The number of ether oxygens (including phenoxy) is 2. The quantitative estimate of drug-likeness (QED) is 0.543. The lowest BCUT2D eigenvalue weighted by molar-refractivity contribution is -0.157. The van der Waals surface area contributed by atoms with Crippen LogP contribution in [0.2, 0.25) is 0 Å². The molecule has 1 rings (SSSR count). The molecular formula is C14H19NO4. The van der Waals surface area contributed by atoms with E-state index in [0.717, 1.165) is 12.8 Å². The van der Waals surface area contributed by atoms with E-state index in [1.807, 2.05) is 12.1 Å². The van der Waals surface area contributed by atoms with Gasteiger partial charge in [-0.2, -0.15) is 5.26 Å². The summed E-state index contributed by atoms with van der Waals surface area (Å²) in [6, 6.07) is 1.99. The third kappa shape index (κ3) is 3.34. The molecule has 1 atom stereocenters. The first-order chi connectivity index (χ1) is 9.10. The van der Waals surface area contributed by atoms with Crippen LogP contribution in [-0.4, -0.2) is 25.2 Å². The first-order valence-corrected chi connectivity index (χ1v) is 6.54. The molecule has 0 saturated heterocycles. The molecule has 0 fully saturated rings. The van der Waals surface area contributed by atoms with Crippen LogP contribution >= 0.6 is 0 Å². The van der Waals surface area contributed by atoms with E-state index in [4.69, 9.17) is 9.47 Å². The molecule has 19 heavy (non-hydrogen) atoms. The molecule has 1 unspecified atom stereocenters. The van der Waals surface area contributed by atoms with Crippen molar-refractivity contribution in [1.29, 1.82) is 5.26 Å². The Hall–Kier alpha value is -1.83. The van der Waals surface area contributed by atoms with Crippen molar-refractivity contribution in [3.8, 4) is 6.07 Å². The number of hydrogen-bond acceptors (Lipinski definition) is 5. The zero-order chi connectivity index (χ0) is 14.3. The number of allylic oxidation sites excluding steroid dienone is 1. The lowest BCUT2D eigenvalue weighted by atomic mass is 9.78. The molecule has 0 bridgehead atoms. The van der Waals surface area contributed by atoms with Gasteiger partial charge in [0.2, 0.25) is 0 Å². The maximum Gasteiger partial charge on any atom is 0.331 e. The van der Waals surface area contributed by atoms with Crippen LogP contribution in [0.1, 0.15) is 39.5 Å². The van der Waals surface area contributed by atoms with E-state index >= 15 is 0 Å². The fourth-order valence-corrected chi connectivity index (χ4v) is 2.22. The molecular weight excluding hydrogens is 246 g/mol. The van der Waals surface area contributed by atoms with Crippen molar-refractivity contribution in [3.05, 3.63) is 11.6 Å². The van der Waals surface area contributed by atoms with Crippen LogP contribution in [0, 0.1) is 16.7 Å². The van der Waals surface area contributed by atoms with Gasteiger partial charge >= 0.3 is 11.9 Å². The molecule has 0 aliphatic heterocycles. The van der Waals surface area contributed by atoms with Gasteiger partial charge in [0.1, 0.15) is 0 Å². The summed E-state index contributed by atoms with van der Waals surface area (Å²) < 4.78 is 9.84. The smallest absolute Gasteiger partial charge is 0.331 e. The van der Waals surface area contributed by atoms with Crippen molar-refractivity contribution in [2.45, 2.75) is 39.5 Å². The summed E-state index contributed by atoms with van der Waals surface area (Å²) in [6.07, 6.45) is 3.94. The molecule has 0 saturated carbocycles. The Bertz CT molecular complexity index is 422. The second-order valence-electron chi connectivity index (χ2n) is 4.34. The molecule has 0 amide bonds. The van der Waals surface area contributed by atoms with Gasteiger partial charge in [0.05, 0.1) is 25.7 Å². The average molecular weight is 265 g/mol. The maximum absolute atomic E-state index is 12.1. The molecule has 104 valence electrons. The predicted octanol–water partition coefficient (Wildman–Crippen LogP) is 2.12. The molecule has 0 heterocycles. The monoisotopic (exact) mass is 265 g/mol. The van der Waals surface area contributed by atoms with Gasteiger partial charge in [-0.3, -0.25) is 4.79 Å². The Labute approximate surface area is 113 Å². The third-order valence-corrected chi connectivity index (χ3v) is 3.12. The van der Waals surface area contributed by atoms with Crippen molar-refractivity contribution < 1.29 is 19.1 Å². The molecule has 1 aliphatic rings. The fraction of sp³-hybridized carbons (Fsp3) is 0.643. The second-order valence-corrected chi connectivity index (χ2v) is 4.34. The summed E-state index contributed by atoms with van der Waals surface area (Å²) in [7, 11) is 0. The van der Waals surface area contributed by atoms with Crippen LogP contribution < -0.4 is 0 Å². The van der Waals surface area contributed by atoms with Crippen LogP contribution in [0.4, 0.5) is 0 Å². The summed E-state index contributed by atoms with van der Waals surface area (Å²) in [5.41, 5.74) is -0.833. The predicted molar refractivity (Wildman–Crippen MR) is 67.9 cm³/mol. The number of nitrogens with zero attached hydrogens (tertiary/aromatic N) is 1. The highest BCUT2D eigenvalue weighted by atomic mass is 16.5. The first-order valence-electron chi connectivity index (χ1n) is 6.54. The Kier molecular flexibility index (Phi) is 5.56. The highest BCUT2D eigenvalue weighted by Gasteiger charge is 2.46. The standard InChI is InChI=1S/C14H19NO4/c1-3-18-12(16)9-14(10-15,13(17)19-4-2)11-7-5-6-8-11/h7H,3-6,8-9H2,1-2H3.